The van der Waals surface area contributed by atoms with Gasteiger partial charge in [0.05, 0.1) is 5.41 Å². The summed E-state index contributed by atoms with van der Waals surface area (Å²) >= 11 is 6.03. The standard InChI is InChI=1S/C19H26ClN3O/c20-16-5-3-15(4-6-16)19(7-1-2-8-19)18(24)21-13-17-14-22-9-11-23(17)12-10-22/h3-6,17H,1-2,7-14H2,(H,21,24)/t17-/m0/s1. The molecule has 2 bridgehead atoms. The highest BCUT2D eigenvalue weighted by Crippen LogP contribution is 2.41. The third-order valence-electron chi connectivity index (χ3n) is 6.18. The highest BCUT2D eigenvalue weighted by atomic mass is 35.5. The Morgan fingerprint density at radius 2 is 1.79 bits per heavy atom. The van der Waals surface area contributed by atoms with E-state index in [0.29, 0.717) is 6.04 Å². The number of hydrogen-bond acceptors (Lipinski definition) is 3. The van der Waals surface area contributed by atoms with Crippen molar-refractivity contribution in [3.63, 3.8) is 0 Å². The second kappa shape index (κ2) is 6.66. The molecule has 0 aromatic heterocycles. The Kier molecular flexibility index (Phi) is 4.54. The van der Waals surface area contributed by atoms with Crippen LogP contribution in [0.3, 0.4) is 0 Å². The molecule has 1 N–H and O–H groups in total. The van der Waals surface area contributed by atoms with Gasteiger partial charge in [-0.3, -0.25) is 14.6 Å². The molecule has 4 nitrogen and oxygen atoms in total. The molecule has 4 fully saturated rings. The van der Waals surface area contributed by atoms with Gasteiger partial charge in [-0.15, -0.1) is 0 Å². The van der Waals surface area contributed by atoms with Crippen LogP contribution in [0.15, 0.2) is 24.3 Å². The van der Waals surface area contributed by atoms with E-state index in [-0.39, 0.29) is 11.3 Å². The predicted molar refractivity (Wildman–Crippen MR) is 96.4 cm³/mol. The number of nitrogens with zero attached hydrogens (tertiary/aromatic N) is 2. The zero-order valence-electron chi connectivity index (χ0n) is 14.1. The molecule has 5 heteroatoms. The number of benzene rings is 1. The Morgan fingerprint density at radius 1 is 1.12 bits per heavy atom. The quantitative estimate of drug-likeness (QED) is 0.907. The van der Waals surface area contributed by atoms with Crippen molar-refractivity contribution >= 4 is 17.5 Å². The molecule has 0 spiro atoms. The van der Waals surface area contributed by atoms with Crippen LogP contribution in [0.1, 0.15) is 31.2 Å². The average Bonchev–Trinajstić information content (AvgIpc) is 3.12. The fourth-order valence-electron chi connectivity index (χ4n) is 4.69. The van der Waals surface area contributed by atoms with Gasteiger partial charge >= 0.3 is 0 Å². The Bertz CT molecular complexity index is 589. The molecule has 1 atom stereocenters. The molecule has 5 rings (SSSR count). The molecule has 1 amide bonds. The summed E-state index contributed by atoms with van der Waals surface area (Å²) < 4.78 is 0. The largest absolute Gasteiger partial charge is 0.354 e. The molecule has 24 heavy (non-hydrogen) atoms. The smallest absolute Gasteiger partial charge is 0.230 e. The van der Waals surface area contributed by atoms with Gasteiger partial charge in [-0.1, -0.05) is 36.6 Å². The maximum Gasteiger partial charge on any atom is 0.230 e. The van der Waals surface area contributed by atoms with Gasteiger partial charge in [-0.2, -0.15) is 0 Å². The first-order chi connectivity index (χ1) is 11.7. The van der Waals surface area contributed by atoms with Crippen LogP contribution in [-0.2, 0) is 10.2 Å². The third-order valence-corrected chi connectivity index (χ3v) is 6.43. The van der Waals surface area contributed by atoms with E-state index in [0.717, 1.165) is 62.4 Å². The maximum atomic E-state index is 13.1. The number of rotatable bonds is 4. The summed E-state index contributed by atoms with van der Waals surface area (Å²) in [6.07, 6.45) is 4.14. The highest BCUT2D eigenvalue weighted by Gasteiger charge is 2.43. The first kappa shape index (κ1) is 16.4. The average molecular weight is 348 g/mol. The Balaban J connectivity index is 1.45. The van der Waals surface area contributed by atoms with Crippen LogP contribution in [0, 0.1) is 0 Å². The van der Waals surface area contributed by atoms with E-state index in [1.54, 1.807) is 0 Å². The molecular formula is C19H26ClN3O. The van der Waals surface area contributed by atoms with Gasteiger partial charge in [-0.25, -0.2) is 0 Å². The zero-order chi connectivity index (χ0) is 16.6. The van der Waals surface area contributed by atoms with Gasteiger partial charge in [0.2, 0.25) is 5.91 Å². The molecule has 1 aliphatic carbocycles. The zero-order valence-corrected chi connectivity index (χ0v) is 14.9. The third kappa shape index (κ3) is 2.96. The lowest BCUT2D eigenvalue weighted by Crippen LogP contribution is -2.64. The van der Waals surface area contributed by atoms with E-state index >= 15 is 0 Å². The van der Waals surface area contributed by atoms with Crippen LogP contribution in [0.2, 0.25) is 5.02 Å². The van der Waals surface area contributed by atoms with Crippen molar-refractivity contribution < 1.29 is 4.79 Å². The summed E-state index contributed by atoms with van der Waals surface area (Å²) in [6.45, 7) is 6.50. The number of carbonyl (C=O) groups excluding carboxylic acids is 1. The first-order valence-electron chi connectivity index (χ1n) is 9.18. The molecule has 0 radical (unpaired) electrons. The first-order valence-corrected chi connectivity index (χ1v) is 9.56. The number of amides is 1. The summed E-state index contributed by atoms with van der Waals surface area (Å²) in [5, 5.41) is 4.02. The van der Waals surface area contributed by atoms with Crippen molar-refractivity contribution in [3.8, 4) is 0 Å². The maximum absolute atomic E-state index is 13.1. The molecule has 130 valence electrons. The highest BCUT2D eigenvalue weighted by molar-refractivity contribution is 6.30. The van der Waals surface area contributed by atoms with E-state index in [1.807, 2.05) is 24.3 Å². The van der Waals surface area contributed by atoms with Crippen molar-refractivity contribution in [1.29, 1.82) is 0 Å². The van der Waals surface area contributed by atoms with Crippen LogP contribution in [0.5, 0.6) is 0 Å². The molecular weight excluding hydrogens is 322 g/mol. The van der Waals surface area contributed by atoms with Gasteiger partial charge < -0.3 is 5.32 Å². The van der Waals surface area contributed by atoms with Crippen LogP contribution in [0.4, 0.5) is 0 Å². The van der Waals surface area contributed by atoms with Gasteiger partial charge in [0.25, 0.3) is 0 Å². The van der Waals surface area contributed by atoms with Crippen molar-refractivity contribution in [2.45, 2.75) is 37.1 Å². The molecule has 0 unspecified atom stereocenters. The lowest BCUT2D eigenvalue weighted by Gasteiger charge is -2.47. The lowest BCUT2D eigenvalue weighted by molar-refractivity contribution is -0.127. The topological polar surface area (TPSA) is 35.6 Å². The minimum atomic E-state index is -0.353. The van der Waals surface area contributed by atoms with Gasteiger partial charge in [0, 0.05) is 50.3 Å². The number of fused-ring (bicyclic) bond motifs is 3. The van der Waals surface area contributed by atoms with Crippen molar-refractivity contribution in [2.75, 3.05) is 39.3 Å². The van der Waals surface area contributed by atoms with E-state index in [1.165, 1.54) is 13.1 Å². The fourth-order valence-corrected chi connectivity index (χ4v) is 4.82. The van der Waals surface area contributed by atoms with Crippen molar-refractivity contribution in [1.82, 2.24) is 15.1 Å². The molecule has 4 aliphatic rings. The fraction of sp³-hybridized carbons (Fsp3) is 0.632. The predicted octanol–water partition coefficient (Wildman–Crippen LogP) is 2.27. The SMILES string of the molecule is O=C(NC[C@H]1CN2CCN1CC2)C1(c2ccc(Cl)cc2)CCCC1. The molecule has 3 heterocycles. The van der Waals surface area contributed by atoms with E-state index < -0.39 is 0 Å². The summed E-state index contributed by atoms with van der Waals surface area (Å²) in [4.78, 5) is 18.2. The Hall–Kier alpha value is -1.10. The van der Waals surface area contributed by atoms with E-state index in [9.17, 15) is 4.79 Å². The normalized spacial score (nSPS) is 31.1. The second-order valence-corrected chi connectivity index (χ2v) is 7.93. The number of halogens is 1. The number of carbonyl (C=O) groups is 1. The van der Waals surface area contributed by atoms with Crippen LogP contribution < -0.4 is 5.32 Å². The van der Waals surface area contributed by atoms with Gasteiger partial charge in [0.15, 0.2) is 0 Å². The van der Waals surface area contributed by atoms with Crippen LogP contribution in [-0.4, -0.2) is 61.0 Å². The summed E-state index contributed by atoms with van der Waals surface area (Å²) in [5.74, 6) is 0.208. The molecule has 1 aromatic rings. The monoisotopic (exact) mass is 347 g/mol. The van der Waals surface area contributed by atoms with Crippen LogP contribution >= 0.6 is 11.6 Å². The van der Waals surface area contributed by atoms with Crippen molar-refractivity contribution in [3.05, 3.63) is 34.9 Å². The van der Waals surface area contributed by atoms with E-state index in [2.05, 4.69) is 15.1 Å². The lowest BCUT2D eigenvalue weighted by atomic mass is 9.78. The minimum Gasteiger partial charge on any atom is -0.354 e. The molecule has 3 saturated heterocycles. The van der Waals surface area contributed by atoms with Gasteiger partial charge in [0.1, 0.15) is 0 Å². The summed E-state index contributed by atoms with van der Waals surface area (Å²) in [6, 6.07) is 8.35. The van der Waals surface area contributed by atoms with Crippen molar-refractivity contribution in [2.24, 2.45) is 0 Å². The van der Waals surface area contributed by atoms with Gasteiger partial charge in [-0.05, 0) is 30.5 Å². The number of hydrogen-bond donors (Lipinski definition) is 1. The molecule has 3 aliphatic heterocycles. The number of nitrogens with one attached hydrogen (secondary N) is 1. The molecule has 1 aromatic carbocycles. The summed E-state index contributed by atoms with van der Waals surface area (Å²) in [7, 11) is 0. The Labute approximate surface area is 149 Å². The Morgan fingerprint density at radius 3 is 2.38 bits per heavy atom. The summed E-state index contributed by atoms with van der Waals surface area (Å²) in [5.41, 5.74) is 0.768. The van der Waals surface area contributed by atoms with E-state index in [4.69, 9.17) is 11.6 Å². The number of piperazine rings is 3. The minimum absolute atomic E-state index is 0.208. The second-order valence-electron chi connectivity index (χ2n) is 7.50. The van der Waals surface area contributed by atoms with Crippen LogP contribution in [0.25, 0.3) is 0 Å². The molecule has 1 saturated carbocycles.